The first-order valence-electron chi connectivity index (χ1n) is 4.89. The van der Waals surface area contributed by atoms with Crippen LogP contribution in [0.1, 0.15) is 12.8 Å². The first kappa shape index (κ1) is 11.9. The molecule has 1 fully saturated rings. The van der Waals surface area contributed by atoms with E-state index in [1.54, 1.807) is 0 Å². The van der Waals surface area contributed by atoms with Gasteiger partial charge in [0.15, 0.2) is 0 Å². The van der Waals surface area contributed by atoms with Gasteiger partial charge in [-0.05, 0) is 18.8 Å². The molecule has 1 saturated heterocycles. The number of sulfonamides is 1. The standard InChI is InChI=1S/C8H18N2O3S/c9-3-6-14(11,12)10-4-1-8-2-5-13-7-8/h8,10H,1-7,9H2. The van der Waals surface area contributed by atoms with Crippen molar-refractivity contribution in [1.29, 1.82) is 0 Å². The molecule has 3 N–H and O–H groups in total. The van der Waals surface area contributed by atoms with Gasteiger partial charge in [-0.25, -0.2) is 13.1 Å². The number of nitrogens with one attached hydrogen (secondary N) is 1. The summed E-state index contributed by atoms with van der Waals surface area (Å²) in [6, 6.07) is 0. The predicted octanol–water partition coefficient (Wildman–Crippen LogP) is -0.709. The molecule has 1 unspecified atom stereocenters. The molecule has 0 radical (unpaired) electrons. The van der Waals surface area contributed by atoms with E-state index < -0.39 is 10.0 Å². The summed E-state index contributed by atoms with van der Waals surface area (Å²) in [5, 5.41) is 0. The predicted molar refractivity (Wildman–Crippen MR) is 54.4 cm³/mol. The maximum absolute atomic E-state index is 11.2. The molecule has 5 nitrogen and oxygen atoms in total. The van der Waals surface area contributed by atoms with Crippen molar-refractivity contribution in [3.05, 3.63) is 0 Å². The molecule has 0 amide bonds. The Bertz CT molecular complexity index is 247. The van der Waals surface area contributed by atoms with E-state index in [0.29, 0.717) is 12.5 Å². The molecule has 14 heavy (non-hydrogen) atoms. The van der Waals surface area contributed by atoms with Crippen LogP contribution < -0.4 is 10.5 Å². The summed E-state index contributed by atoms with van der Waals surface area (Å²) in [7, 11) is -3.14. The van der Waals surface area contributed by atoms with Crippen molar-refractivity contribution in [1.82, 2.24) is 4.72 Å². The Labute approximate surface area is 85.1 Å². The zero-order valence-corrected chi connectivity index (χ0v) is 9.05. The van der Waals surface area contributed by atoms with Gasteiger partial charge in [0.2, 0.25) is 10.0 Å². The fourth-order valence-electron chi connectivity index (χ4n) is 1.46. The third kappa shape index (κ3) is 4.36. The van der Waals surface area contributed by atoms with E-state index in [2.05, 4.69) is 4.72 Å². The van der Waals surface area contributed by atoms with Gasteiger partial charge >= 0.3 is 0 Å². The number of nitrogens with two attached hydrogens (primary N) is 1. The van der Waals surface area contributed by atoms with Crippen LogP contribution in [0, 0.1) is 5.92 Å². The Morgan fingerprint density at radius 1 is 1.50 bits per heavy atom. The van der Waals surface area contributed by atoms with Gasteiger partial charge in [-0.3, -0.25) is 0 Å². The van der Waals surface area contributed by atoms with E-state index in [9.17, 15) is 8.42 Å². The smallest absolute Gasteiger partial charge is 0.212 e. The maximum Gasteiger partial charge on any atom is 0.212 e. The van der Waals surface area contributed by atoms with E-state index >= 15 is 0 Å². The molecule has 1 aliphatic heterocycles. The molecule has 0 aromatic heterocycles. The summed E-state index contributed by atoms with van der Waals surface area (Å²) in [6.45, 7) is 2.23. The van der Waals surface area contributed by atoms with Crippen LogP contribution in [-0.4, -0.2) is 40.5 Å². The second-order valence-electron chi connectivity index (χ2n) is 3.52. The summed E-state index contributed by atoms with van der Waals surface area (Å²) >= 11 is 0. The highest BCUT2D eigenvalue weighted by atomic mass is 32.2. The molecule has 0 bridgehead atoms. The highest BCUT2D eigenvalue weighted by molar-refractivity contribution is 7.89. The Morgan fingerprint density at radius 3 is 2.86 bits per heavy atom. The van der Waals surface area contributed by atoms with Gasteiger partial charge in [-0.1, -0.05) is 0 Å². The van der Waals surface area contributed by atoms with E-state index in [4.69, 9.17) is 10.5 Å². The second-order valence-corrected chi connectivity index (χ2v) is 5.45. The normalized spacial score (nSPS) is 22.8. The van der Waals surface area contributed by atoms with Gasteiger partial charge in [0.1, 0.15) is 0 Å². The van der Waals surface area contributed by atoms with Gasteiger partial charge in [0.05, 0.1) is 5.75 Å². The summed E-state index contributed by atoms with van der Waals surface area (Å²) in [5.74, 6) is 0.518. The number of rotatable bonds is 6. The first-order valence-corrected chi connectivity index (χ1v) is 6.54. The monoisotopic (exact) mass is 222 g/mol. The lowest BCUT2D eigenvalue weighted by atomic mass is 10.1. The minimum Gasteiger partial charge on any atom is -0.381 e. The molecule has 1 rings (SSSR count). The van der Waals surface area contributed by atoms with Crippen LogP contribution in [-0.2, 0) is 14.8 Å². The van der Waals surface area contributed by atoms with Crippen LogP contribution in [0.4, 0.5) is 0 Å². The number of ether oxygens (including phenoxy) is 1. The zero-order chi connectivity index (χ0) is 10.4. The first-order chi connectivity index (χ1) is 6.64. The van der Waals surface area contributed by atoms with Crippen LogP contribution in [0.2, 0.25) is 0 Å². The quantitative estimate of drug-likeness (QED) is 0.622. The molecular formula is C8H18N2O3S. The Balaban J connectivity index is 2.13. The molecule has 1 heterocycles. The number of hydrogen-bond acceptors (Lipinski definition) is 4. The van der Waals surface area contributed by atoms with E-state index in [1.807, 2.05) is 0 Å². The molecule has 0 aliphatic carbocycles. The summed E-state index contributed by atoms with van der Waals surface area (Å²) < 4.78 is 30.1. The SMILES string of the molecule is NCCS(=O)(=O)NCCC1CCOC1. The highest BCUT2D eigenvalue weighted by Gasteiger charge is 2.16. The lowest BCUT2D eigenvalue weighted by molar-refractivity contribution is 0.184. The largest absolute Gasteiger partial charge is 0.381 e. The van der Waals surface area contributed by atoms with E-state index in [0.717, 1.165) is 26.1 Å². The van der Waals surface area contributed by atoms with E-state index in [-0.39, 0.29) is 12.3 Å². The number of hydrogen-bond donors (Lipinski definition) is 2. The van der Waals surface area contributed by atoms with Crippen molar-refractivity contribution in [2.75, 3.05) is 32.1 Å². The van der Waals surface area contributed by atoms with Crippen LogP contribution >= 0.6 is 0 Å². The molecule has 6 heteroatoms. The average molecular weight is 222 g/mol. The molecule has 0 saturated carbocycles. The van der Waals surface area contributed by atoms with Crippen molar-refractivity contribution in [2.24, 2.45) is 11.7 Å². The van der Waals surface area contributed by atoms with Crippen molar-refractivity contribution in [3.63, 3.8) is 0 Å². The molecule has 0 aromatic rings. The summed E-state index contributed by atoms with van der Waals surface area (Å²) in [5.41, 5.74) is 5.17. The summed E-state index contributed by atoms with van der Waals surface area (Å²) in [4.78, 5) is 0. The lowest BCUT2D eigenvalue weighted by Crippen LogP contribution is -2.31. The van der Waals surface area contributed by atoms with Crippen molar-refractivity contribution >= 4 is 10.0 Å². The molecule has 0 aromatic carbocycles. The second kappa shape index (κ2) is 5.65. The third-order valence-corrected chi connectivity index (χ3v) is 3.70. The Morgan fingerprint density at radius 2 is 2.29 bits per heavy atom. The Kier molecular flexibility index (Phi) is 4.80. The minimum absolute atomic E-state index is 0.00810. The molecular weight excluding hydrogens is 204 g/mol. The molecule has 1 atom stereocenters. The molecule has 84 valence electrons. The van der Waals surface area contributed by atoms with Gasteiger partial charge in [0.25, 0.3) is 0 Å². The fourth-order valence-corrected chi connectivity index (χ4v) is 2.34. The molecule has 1 aliphatic rings. The van der Waals surface area contributed by atoms with Gasteiger partial charge < -0.3 is 10.5 Å². The highest BCUT2D eigenvalue weighted by Crippen LogP contribution is 2.15. The zero-order valence-electron chi connectivity index (χ0n) is 8.24. The molecule has 0 spiro atoms. The van der Waals surface area contributed by atoms with Crippen LogP contribution in [0.25, 0.3) is 0 Å². The van der Waals surface area contributed by atoms with Gasteiger partial charge in [-0.2, -0.15) is 0 Å². The summed E-state index contributed by atoms with van der Waals surface area (Å²) in [6.07, 6.45) is 1.89. The van der Waals surface area contributed by atoms with Crippen LogP contribution in [0.15, 0.2) is 0 Å². The lowest BCUT2D eigenvalue weighted by Gasteiger charge is -2.08. The average Bonchev–Trinajstić information content (AvgIpc) is 2.56. The van der Waals surface area contributed by atoms with Crippen molar-refractivity contribution < 1.29 is 13.2 Å². The topological polar surface area (TPSA) is 81.4 Å². The van der Waals surface area contributed by atoms with Crippen molar-refractivity contribution in [2.45, 2.75) is 12.8 Å². The van der Waals surface area contributed by atoms with Crippen molar-refractivity contribution in [3.8, 4) is 0 Å². The maximum atomic E-state index is 11.2. The van der Waals surface area contributed by atoms with Crippen LogP contribution in [0.3, 0.4) is 0 Å². The minimum atomic E-state index is -3.14. The Hall–Kier alpha value is -0.170. The van der Waals surface area contributed by atoms with Crippen LogP contribution in [0.5, 0.6) is 0 Å². The third-order valence-electron chi connectivity index (χ3n) is 2.29. The fraction of sp³-hybridized carbons (Fsp3) is 1.00. The van der Waals surface area contributed by atoms with Gasteiger partial charge in [0, 0.05) is 26.3 Å². The van der Waals surface area contributed by atoms with Gasteiger partial charge in [-0.15, -0.1) is 0 Å². The van der Waals surface area contributed by atoms with E-state index in [1.165, 1.54) is 0 Å².